The molecule has 0 bridgehead atoms. The number of hydrogen-bond donors (Lipinski definition) is 1. The molecule has 0 spiro atoms. The fourth-order valence-electron chi connectivity index (χ4n) is 3.85. The largest absolute Gasteiger partial charge is 0.378 e. The summed E-state index contributed by atoms with van der Waals surface area (Å²) < 4.78 is 7.41. The van der Waals surface area contributed by atoms with Crippen LogP contribution in [0.4, 0.5) is 5.69 Å². The second-order valence-electron chi connectivity index (χ2n) is 7.94. The molecule has 8 nitrogen and oxygen atoms in total. The van der Waals surface area contributed by atoms with Crippen molar-refractivity contribution in [2.24, 2.45) is 17.5 Å². The first-order chi connectivity index (χ1) is 12.2. The normalized spacial score (nSPS) is 28.9. The van der Waals surface area contributed by atoms with Crippen molar-refractivity contribution in [1.29, 1.82) is 0 Å². The van der Waals surface area contributed by atoms with Crippen LogP contribution < -0.4 is 10.2 Å². The van der Waals surface area contributed by atoms with Crippen LogP contribution in [0.1, 0.15) is 27.2 Å². The van der Waals surface area contributed by atoms with Crippen LogP contribution in [0.5, 0.6) is 0 Å². The highest BCUT2D eigenvalue weighted by Crippen LogP contribution is 2.51. The minimum atomic E-state index is -0.141. The smallest absolute Gasteiger partial charge is 0.246 e. The second kappa shape index (κ2) is 6.57. The molecule has 144 valence electrons. The van der Waals surface area contributed by atoms with Gasteiger partial charge >= 0.3 is 0 Å². The van der Waals surface area contributed by atoms with Crippen LogP contribution in [-0.4, -0.2) is 72.0 Å². The van der Waals surface area contributed by atoms with Gasteiger partial charge in [-0.1, -0.05) is 13.8 Å². The molecule has 3 rings (SSSR count). The summed E-state index contributed by atoms with van der Waals surface area (Å²) in [5, 5.41) is 7.69. The van der Waals surface area contributed by atoms with E-state index in [-0.39, 0.29) is 23.0 Å². The molecule has 1 amide bonds. The molecule has 26 heavy (non-hydrogen) atoms. The molecule has 1 aliphatic heterocycles. The summed E-state index contributed by atoms with van der Waals surface area (Å²) in [4.78, 5) is 20.8. The molecular formula is C18H30N6O2. The van der Waals surface area contributed by atoms with Gasteiger partial charge in [0.1, 0.15) is 6.54 Å². The lowest BCUT2D eigenvalue weighted by atomic mass is 9.56. The standard InChI is InChI=1S/C18H30N6O2/c1-17(2)14(9-18(17,3)26-6)21-16(19-4)23-7-8-24(15(25)12-23)13-10-20-22(5)11-13/h10-11,14H,7-9,12H2,1-6H3,(H,19,21). The third-order valence-electron chi connectivity index (χ3n) is 6.32. The lowest BCUT2D eigenvalue weighted by Gasteiger charge is -2.59. The molecule has 1 saturated carbocycles. The van der Waals surface area contributed by atoms with E-state index in [1.54, 1.807) is 29.9 Å². The summed E-state index contributed by atoms with van der Waals surface area (Å²) >= 11 is 0. The zero-order chi connectivity index (χ0) is 19.1. The van der Waals surface area contributed by atoms with E-state index in [1.165, 1.54) is 0 Å². The molecule has 0 radical (unpaired) electrons. The van der Waals surface area contributed by atoms with E-state index in [1.807, 2.05) is 18.1 Å². The van der Waals surface area contributed by atoms with E-state index in [0.717, 1.165) is 24.6 Å². The van der Waals surface area contributed by atoms with Gasteiger partial charge in [0.05, 0.1) is 17.5 Å². The Labute approximate surface area is 155 Å². The Hall–Kier alpha value is -2.09. The zero-order valence-corrected chi connectivity index (χ0v) is 16.6. The fourth-order valence-corrected chi connectivity index (χ4v) is 3.85. The third-order valence-corrected chi connectivity index (χ3v) is 6.32. The van der Waals surface area contributed by atoms with Crippen LogP contribution in [0.15, 0.2) is 17.4 Å². The number of carbonyl (C=O) groups excluding carboxylic acids is 1. The summed E-state index contributed by atoms with van der Waals surface area (Å²) in [6.07, 6.45) is 4.51. The van der Waals surface area contributed by atoms with Gasteiger partial charge in [0.2, 0.25) is 5.91 Å². The van der Waals surface area contributed by atoms with Gasteiger partial charge in [0.25, 0.3) is 0 Å². The van der Waals surface area contributed by atoms with Crippen LogP contribution in [-0.2, 0) is 16.6 Å². The maximum absolute atomic E-state index is 12.6. The van der Waals surface area contributed by atoms with Crippen molar-refractivity contribution in [3.63, 3.8) is 0 Å². The second-order valence-corrected chi connectivity index (χ2v) is 7.94. The maximum atomic E-state index is 12.6. The van der Waals surface area contributed by atoms with Gasteiger partial charge in [-0.05, 0) is 13.3 Å². The lowest BCUT2D eigenvalue weighted by Crippen LogP contribution is -2.70. The van der Waals surface area contributed by atoms with Gasteiger partial charge in [-0.15, -0.1) is 0 Å². The van der Waals surface area contributed by atoms with Gasteiger partial charge < -0.3 is 19.9 Å². The Morgan fingerprint density at radius 1 is 1.38 bits per heavy atom. The minimum Gasteiger partial charge on any atom is -0.378 e. The molecule has 2 aliphatic rings. The Morgan fingerprint density at radius 3 is 2.62 bits per heavy atom. The number of ether oxygens (including phenoxy) is 1. The molecule has 1 aliphatic carbocycles. The molecule has 2 unspecified atom stereocenters. The van der Waals surface area contributed by atoms with Crippen molar-refractivity contribution in [3.05, 3.63) is 12.4 Å². The molecule has 1 aromatic heterocycles. The third kappa shape index (κ3) is 2.96. The van der Waals surface area contributed by atoms with Crippen LogP contribution in [0, 0.1) is 5.41 Å². The molecule has 2 fully saturated rings. The average molecular weight is 362 g/mol. The number of nitrogens with zero attached hydrogens (tertiary/aromatic N) is 5. The first-order valence-electron chi connectivity index (χ1n) is 9.04. The van der Waals surface area contributed by atoms with Crippen LogP contribution in [0.3, 0.4) is 0 Å². The van der Waals surface area contributed by atoms with Crippen molar-refractivity contribution in [3.8, 4) is 0 Å². The predicted molar refractivity (Wildman–Crippen MR) is 101 cm³/mol. The molecule has 1 aromatic rings. The summed E-state index contributed by atoms with van der Waals surface area (Å²) in [5.41, 5.74) is 0.688. The Bertz CT molecular complexity index is 712. The van der Waals surface area contributed by atoms with Gasteiger partial charge in [0, 0.05) is 51.9 Å². The summed E-state index contributed by atoms with van der Waals surface area (Å²) in [5.74, 6) is 0.835. The Balaban J connectivity index is 1.63. The summed E-state index contributed by atoms with van der Waals surface area (Å²) in [6, 6.07) is 0.262. The topological polar surface area (TPSA) is 75.0 Å². The molecule has 1 saturated heterocycles. The van der Waals surface area contributed by atoms with E-state index >= 15 is 0 Å². The maximum Gasteiger partial charge on any atom is 0.246 e. The SMILES string of the molecule is CN=C(NC1CC(C)(OC)C1(C)C)N1CCN(c2cnn(C)c2)C(=O)C1. The highest BCUT2D eigenvalue weighted by Gasteiger charge is 2.58. The highest BCUT2D eigenvalue weighted by molar-refractivity contribution is 5.98. The van der Waals surface area contributed by atoms with E-state index < -0.39 is 0 Å². The number of aromatic nitrogens is 2. The van der Waals surface area contributed by atoms with Gasteiger partial charge in [-0.2, -0.15) is 5.10 Å². The number of amides is 1. The van der Waals surface area contributed by atoms with Crippen molar-refractivity contribution in [2.75, 3.05) is 38.7 Å². The summed E-state index contributed by atoms with van der Waals surface area (Å²) in [7, 11) is 5.38. The summed E-state index contributed by atoms with van der Waals surface area (Å²) in [6.45, 7) is 8.21. The average Bonchev–Trinajstić information content (AvgIpc) is 3.04. The van der Waals surface area contributed by atoms with Crippen molar-refractivity contribution in [1.82, 2.24) is 20.0 Å². The van der Waals surface area contributed by atoms with Crippen molar-refractivity contribution >= 4 is 17.6 Å². The number of aliphatic imine (C=N–C) groups is 1. The number of carbonyl (C=O) groups is 1. The molecule has 0 aromatic carbocycles. The monoisotopic (exact) mass is 362 g/mol. The van der Waals surface area contributed by atoms with Crippen LogP contribution in [0.2, 0.25) is 0 Å². The van der Waals surface area contributed by atoms with E-state index in [0.29, 0.717) is 13.1 Å². The highest BCUT2D eigenvalue weighted by atomic mass is 16.5. The zero-order valence-electron chi connectivity index (χ0n) is 16.6. The Kier molecular flexibility index (Phi) is 4.72. The van der Waals surface area contributed by atoms with Gasteiger partial charge in [-0.3, -0.25) is 14.5 Å². The number of methoxy groups -OCH3 is 1. The number of hydrogen-bond acceptors (Lipinski definition) is 4. The van der Waals surface area contributed by atoms with E-state index in [2.05, 4.69) is 36.2 Å². The number of rotatable bonds is 3. The van der Waals surface area contributed by atoms with Crippen molar-refractivity contribution < 1.29 is 9.53 Å². The number of aryl methyl sites for hydroxylation is 1. The Morgan fingerprint density at radius 2 is 2.12 bits per heavy atom. The molecule has 2 atom stereocenters. The lowest BCUT2D eigenvalue weighted by molar-refractivity contribution is -0.177. The van der Waals surface area contributed by atoms with E-state index in [9.17, 15) is 4.79 Å². The van der Waals surface area contributed by atoms with E-state index in [4.69, 9.17) is 4.74 Å². The molecule has 1 N–H and O–H groups in total. The van der Waals surface area contributed by atoms with Crippen LogP contribution >= 0.6 is 0 Å². The number of anilines is 1. The number of nitrogens with one attached hydrogen (secondary N) is 1. The number of guanidine groups is 1. The molecular weight excluding hydrogens is 332 g/mol. The quantitative estimate of drug-likeness (QED) is 0.637. The minimum absolute atomic E-state index is 0.0147. The van der Waals surface area contributed by atoms with Gasteiger partial charge in [-0.25, -0.2) is 0 Å². The first kappa shape index (κ1) is 18.7. The predicted octanol–water partition coefficient (Wildman–Crippen LogP) is 0.848. The fraction of sp³-hybridized carbons (Fsp3) is 0.722. The first-order valence-corrected chi connectivity index (χ1v) is 9.04. The molecule has 2 heterocycles. The number of piperazine rings is 1. The molecule has 8 heteroatoms. The van der Waals surface area contributed by atoms with Crippen molar-refractivity contribution in [2.45, 2.75) is 38.8 Å². The van der Waals surface area contributed by atoms with Crippen LogP contribution in [0.25, 0.3) is 0 Å². The van der Waals surface area contributed by atoms with Gasteiger partial charge in [0.15, 0.2) is 5.96 Å².